The number of benzene rings is 9. The van der Waals surface area contributed by atoms with Gasteiger partial charge in [-0.05, 0) is 112 Å². The monoisotopic (exact) mass is 894 g/mol. The van der Waals surface area contributed by atoms with E-state index in [0.717, 1.165) is 0 Å². The summed E-state index contributed by atoms with van der Waals surface area (Å²) in [5, 5.41) is 7.98. The first kappa shape index (κ1) is 40.0. The Kier molecular flexibility index (Phi) is 8.71. The van der Waals surface area contributed by atoms with Gasteiger partial charge in [0.2, 0.25) is 0 Å². The van der Waals surface area contributed by atoms with Crippen molar-refractivity contribution < 1.29 is 0 Å². The summed E-state index contributed by atoms with van der Waals surface area (Å²) in [6.45, 7) is 14.8. The molecule has 322 valence electrons. The topological polar surface area (TPSA) is 16.3 Å². The standard InChI is InChI=1S/C60H51BN4Si2/c1-66(2,3)58-32-17-15-28-54(58)64-52-36-34-40(62-48-24-11-7-20-42(48)43-21-8-12-25-49(43)62)38-46(52)61-47-39-41(63-50-26-13-9-22-44(50)45-23-10-14-27-51(45)63)35-37-53(47)65(57-31-19-30-56(64)60(57)61)55-29-16-18-33-59(55)67(4,5)6/h7-39H,1-6H3. The summed E-state index contributed by atoms with van der Waals surface area (Å²) in [4.78, 5) is 5.25. The minimum absolute atomic E-state index is 0.0668. The van der Waals surface area contributed by atoms with Crippen LogP contribution in [0.3, 0.4) is 0 Å². The van der Waals surface area contributed by atoms with E-state index in [1.54, 1.807) is 0 Å². The van der Waals surface area contributed by atoms with E-state index < -0.39 is 16.1 Å². The molecule has 7 heteroatoms. The van der Waals surface area contributed by atoms with Gasteiger partial charge in [0.15, 0.2) is 0 Å². The first-order valence-corrected chi connectivity index (χ1v) is 30.7. The average Bonchev–Trinajstić information content (AvgIpc) is 3.86. The number of hydrogen-bond donors (Lipinski definition) is 0. The fourth-order valence-corrected chi connectivity index (χ4v) is 14.8. The van der Waals surface area contributed by atoms with Gasteiger partial charge in [0.1, 0.15) is 0 Å². The van der Waals surface area contributed by atoms with E-state index in [-0.39, 0.29) is 6.71 Å². The van der Waals surface area contributed by atoms with Crippen molar-refractivity contribution in [3.8, 4) is 11.4 Å². The number of rotatable bonds is 6. The number of hydrogen-bond acceptors (Lipinski definition) is 2. The van der Waals surface area contributed by atoms with Crippen LogP contribution in [0.5, 0.6) is 0 Å². The Hall–Kier alpha value is -7.32. The van der Waals surface area contributed by atoms with E-state index >= 15 is 0 Å². The second-order valence-corrected chi connectivity index (χ2v) is 30.7. The van der Waals surface area contributed by atoms with Gasteiger partial charge in [-0.3, -0.25) is 0 Å². The zero-order chi connectivity index (χ0) is 45.3. The summed E-state index contributed by atoms with van der Waals surface area (Å²) in [7, 11) is -3.67. The summed E-state index contributed by atoms with van der Waals surface area (Å²) in [6.07, 6.45) is 0. The Morgan fingerprint density at radius 3 is 1.01 bits per heavy atom. The van der Waals surface area contributed by atoms with E-state index in [9.17, 15) is 0 Å². The zero-order valence-corrected chi connectivity index (χ0v) is 40.9. The molecule has 11 aromatic rings. The lowest BCUT2D eigenvalue weighted by Crippen LogP contribution is -2.62. The molecule has 0 spiro atoms. The highest BCUT2D eigenvalue weighted by atomic mass is 28.3. The molecule has 0 saturated heterocycles. The third-order valence-electron chi connectivity index (χ3n) is 14.5. The fraction of sp³-hybridized carbons (Fsp3) is 0.100. The van der Waals surface area contributed by atoms with Gasteiger partial charge >= 0.3 is 0 Å². The summed E-state index contributed by atoms with van der Waals surface area (Å²) in [6, 6.07) is 75.7. The van der Waals surface area contributed by atoms with Crippen LogP contribution in [0.4, 0.5) is 34.1 Å². The molecule has 67 heavy (non-hydrogen) atoms. The molecule has 4 heterocycles. The first-order chi connectivity index (χ1) is 32.6. The minimum atomic E-state index is -1.83. The van der Waals surface area contributed by atoms with Crippen LogP contribution in [0.15, 0.2) is 200 Å². The van der Waals surface area contributed by atoms with E-state index in [1.807, 2.05) is 0 Å². The van der Waals surface area contributed by atoms with Crippen molar-refractivity contribution in [2.45, 2.75) is 39.3 Å². The largest absolute Gasteiger partial charge is 0.312 e. The van der Waals surface area contributed by atoms with Gasteiger partial charge in [-0.2, -0.15) is 0 Å². The third kappa shape index (κ3) is 5.90. The lowest BCUT2D eigenvalue weighted by Gasteiger charge is -2.45. The van der Waals surface area contributed by atoms with Crippen LogP contribution in [0, 0.1) is 0 Å². The highest BCUT2D eigenvalue weighted by Gasteiger charge is 2.45. The molecule has 2 aliphatic heterocycles. The molecule has 0 N–H and O–H groups in total. The maximum Gasteiger partial charge on any atom is 0.252 e. The van der Waals surface area contributed by atoms with Crippen molar-refractivity contribution in [1.82, 2.24) is 9.13 Å². The van der Waals surface area contributed by atoms with E-state index in [4.69, 9.17) is 0 Å². The Labute approximate surface area is 395 Å². The van der Waals surface area contributed by atoms with Crippen molar-refractivity contribution >= 4 is 127 Å². The van der Waals surface area contributed by atoms with Crippen LogP contribution in [0.1, 0.15) is 0 Å². The van der Waals surface area contributed by atoms with E-state index in [0.29, 0.717) is 0 Å². The molecule has 2 aromatic heterocycles. The third-order valence-corrected chi connectivity index (χ3v) is 18.6. The van der Waals surface area contributed by atoms with Crippen molar-refractivity contribution in [2.75, 3.05) is 9.80 Å². The Morgan fingerprint density at radius 2 is 0.642 bits per heavy atom. The van der Waals surface area contributed by atoms with Gasteiger partial charge in [0.25, 0.3) is 6.71 Å². The Bertz CT molecular complexity index is 3480. The highest BCUT2D eigenvalue weighted by Crippen LogP contribution is 2.45. The molecular weight excluding hydrogens is 844 g/mol. The van der Waals surface area contributed by atoms with Gasteiger partial charge in [-0.25, -0.2) is 0 Å². The number of anilines is 6. The van der Waals surface area contributed by atoms with Crippen molar-refractivity contribution in [3.63, 3.8) is 0 Å². The van der Waals surface area contributed by atoms with Gasteiger partial charge in [0, 0.05) is 67.0 Å². The molecular formula is C60H51BN4Si2. The second-order valence-electron chi connectivity index (χ2n) is 20.6. The van der Waals surface area contributed by atoms with E-state index in [2.05, 4.69) is 258 Å². The predicted molar refractivity (Wildman–Crippen MR) is 295 cm³/mol. The molecule has 0 unspecified atom stereocenters. The summed E-state index contributed by atoms with van der Waals surface area (Å²) in [5.74, 6) is 0. The number of aromatic nitrogens is 2. The van der Waals surface area contributed by atoms with Crippen LogP contribution in [-0.2, 0) is 0 Å². The van der Waals surface area contributed by atoms with Gasteiger partial charge in [0.05, 0.1) is 38.2 Å². The van der Waals surface area contributed by atoms with Crippen LogP contribution >= 0.6 is 0 Å². The smallest absolute Gasteiger partial charge is 0.252 e. The highest BCUT2D eigenvalue weighted by molar-refractivity contribution is 7.00. The summed E-state index contributed by atoms with van der Waals surface area (Å²) in [5.41, 5.74) is 18.7. The molecule has 0 saturated carbocycles. The maximum absolute atomic E-state index is 2.62. The predicted octanol–water partition coefficient (Wildman–Crippen LogP) is 13.1. The molecule has 13 rings (SSSR count). The molecule has 0 radical (unpaired) electrons. The van der Waals surface area contributed by atoms with E-state index in [1.165, 1.54) is 116 Å². The van der Waals surface area contributed by atoms with Crippen LogP contribution in [0.2, 0.25) is 39.3 Å². The number of nitrogens with zero attached hydrogens (tertiary/aromatic N) is 4. The SMILES string of the molecule is C[Si](C)(C)c1ccccc1N1c2ccc(-n3c4ccccc4c4ccccc43)cc2B2c3cc(-n4c5ccccc5c5ccccc54)ccc3N(c3ccccc3[Si](C)(C)C)c3cccc1c32. The molecule has 9 aromatic carbocycles. The van der Waals surface area contributed by atoms with Gasteiger partial charge in [-0.1, -0.05) is 155 Å². The maximum atomic E-state index is 2.62. The van der Waals surface area contributed by atoms with Crippen LogP contribution in [0.25, 0.3) is 55.0 Å². The summed E-state index contributed by atoms with van der Waals surface area (Å²) >= 11 is 0. The Balaban J connectivity index is 1.16. The minimum Gasteiger partial charge on any atom is -0.312 e. The molecule has 2 aliphatic rings. The first-order valence-electron chi connectivity index (χ1n) is 23.7. The molecule has 0 atom stereocenters. The molecule has 0 fully saturated rings. The van der Waals surface area contributed by atoms with Crippen LogP contribution < -0.4 is 36.6 Å². The lowest BCUT2D eigenvalue weighted by atomic mass is 9.33. The molecule has 0 bridgehead atoms. The zero-order valence-electron chi connectivity index (χ0n) is 38.9. The average molecular weight is 895 g/mol. The quantitative estimate of drug-likeness (QED) is 0.155. The second kappa shape index (κ2) is 14.6. The number of fused-ring (bicyclic) bond motifs is 10. The fourth-order valence-electron chi connectivity index (χ4n) is 11.7. The lowest BCUT2D eigenvalue weighted by molar-refractivity contribution is 1.17. The molecule has 4 nitrogen and oxygen atoms in total. The van der Waals surface area contributed by atoms with Crippen molar-refractivity contribution in [3.05, 3.63) is 200 Å². The van der Waals surface area contributed by atoms with Crippen LogP contribution in [-0.4, -0.2) is 32.0 Å². The molecule has 0 aliphatic carbocycles. The molecule has 0 amide bonds. The van der Waals surface area contributed by atoms with Gasteiger partial charge < -0.3 is 18.9 Å². The van der Waals surface area contributed by atoms with Crippen molar-refractivity contribution in [2.24, 2.45) is 0 Å². The Morgan fingerprint density at radius 1 is 0.313 bits per heavy atom. The van der Waals surface area contributed by atoms with Gasteiger partial charge in [-0.15, -0.1) is 0 Å². The summed E-state index contributed by atoms with van der Waals surface area (Å²) < 4.78 is 4.98. The van der Waals surface area contributed by atoms with Crippen molar-refractivity contribution in [1.29, 1.82) is 0 Å². The number of para-hydroxylation sites is 6. The normalized spacial score (nSPS) is 13.4.